The molecule has 3 nitrogen and oxygen atoms in total. The van der Waals surface area contributed by atoms with Crippen molar-refractivity contribution in [1.82, 2.24) is 14.8 Å². The molecular formula is C16H19ClFN3S. The van der Waals surface area contributed by atoms with Crippen LogP contribution in [0.25, 0.3) is 0 Å². The Morgan fingerprint density at radius 3 is 2.77 bits per heavy atom. The molecule has 1 aliphatic carbocycles. The van der Waals surface area contributed by atoms with Crippen molar-refractivity contribution in [3.8, 4) is 0 Å². The average Bonchev–Trinajstić information content (AvgIpc) is 3.15. The molecule has 6 heteroatoms. The van der Waals surface area contributed by atoms with E-state index in [4.69, 9.17) is 11.6 Å². The summed E-state index contributed by atoms with van der Waals surface area (Å²) in [5.41, 5.74) is 0.918. The molecule has 0 spiro atoms. The van der Waals surface area contributed by atoms with Gasteiger partial charge in [-0.05, 0) is 37.5 Å². The molecule has 0 amide bonds. The van der Waals surface area contributed by atoms with Crippen LogP contribution in [0.1, 0.15) is 49.9 Å². The third-order valence-corrected chi connectivity index (χ3v) is 5.52. The monoisotopic (exact) mass is 339 g/mol. The Kier molecular flexibility index (Phi) is 5.03. The standard InChI is InChI=1S/C16H19ClFN3S/c1-2-21-15(11-5-3-4-6-11)19-20-16(21)22-10-12-7-8-13(18)9-14(12)17/h7-9,11H,2-6,10H2,1H3. The molecule has 22 heavy (non-hydrogen) atoms. The zero-order valence-corrected chi connectivity index (χ0v) is 14.1. The minimum absolute atomic E-state index is 0.306. The molecule has 0 aliphatic heterocycles. The molecular weight excluding hydrogens is 321 g/mol. The second-order valence-corrected chi connectivity index (χ2v) is 6.94. The van der Waals surface area contributed by atoms with Gasteiger partial charge in [0.1, 0.15) is 11.6 Å². The van der Waals surface area contributed by atoms with E-state index in [1.54, 1.807) is 17.8 Å². The lowest BCUT2D eigenvalue weighted by atomic mass is 10.1. The van der Waals surface area contributed by atoms with Gasteiger partial charge >= 0.3 is 0 Å². The summed E-state index contributed by atoms with van der Waals surface area (Å²) in [5.74, 6) is 2.03. The predicted octanol–water partition coefficient (Wildman–Crippen LogP) is 5.04. The van der Waals surface area contributed by atoms with E-state index in [9.17, 15) is 4.39 Å². The fourth-order valence-corrected chi connectivity index (χ4v) is 4.30. The lowest BCUT2D eigenvalue weighted by Gasteiger charge is -2.11. The number of halogens is 2. The highest BCUT2D eigenvalue weighted by Crippen LogP contribution is 2.35. The number of rotatable bonds is 5. The van der Waals surface area contributed by atoms with Gasteiger partial charge in [-0.1, -0.05) is 42.3 Å². The predicted molar refractivity (Wildman–Crippen MR) is 87.9 cm³/mol. The SMILES string of the molecule is CCn1c(SCc2ccc(F)cc2Cl)nnc1C1CCCC1. The van der Waals surface area contributed by atoms with Crippen LogP contribution in [0.4, 0.5) is 4.39 Å². The van der Waals surface area contributed by atoms with Crippen molar-refractivity contribution < 1.29 is 4.39 Å². The maximum atomic E-state index is 13.1. The maximum absolute atomic E-state index is 13.1. The summed E-state index contributed by atoms with van der Waals surface area (Å²) in [6.45, 7) is 3.00. The highest BCUT2D eigenvalue weighted by molar-refractivity contribution is 7.98. The topological polar surface area (TPSA) is 30.7 Å². The molecule has 3 rings (SSSR count). The molecule has 2 aromatic rings. The molecule has 1 aromatic carbocycles. The molecule has 0 atom stereocenters. The fourth-order valence-electron chi connectivity index (χ4n) is 2.97. The van der Waals surface area contributed by atoms with Crippen LogP contribution in [0.2, 0.25) is 5.02 Å². The first-order valence-corrected chi connectivity index (χ1v) is 9.05. The first kappa shape index (κ1) is 15.8. The third kappa shape index (κ3) is 3.30. The second-order valence-electron chi connectivity index (χ2n) is 5.59. The number of thioether (sulfide) groups is 1. The Morgan fingerprint density at radius 2 is 2.09 bits per heavy atom. The minimum Gasteiger partial charge on any atom is -0.306 e. The van der Waals surface area contributed by atoms with E-state index in [2.05, 4.69) is 21.7 Å². The van der Waals surface area contributed by atoms with E-state index >= 15 is 0 Å². The van der Waals surface area contributed by atoms with Crippen molar-refractivity contribution in [1.29, 1.82) is 0 Å². The van der Waals surface area contributed by atoms with Crippen LogP contribution in [0.3, 0.4) is 0 Å². The fraction of sp³-hybridized carbons (Fsp3) is 0.500. The van der Waals surface area contributed by atoms with Gasteiger partial charge in [0.25, 0.3) is 0 Å². The molecule has 0 saturated heterocycles. The average molecular weight is 340 g/mol. The zero-order valence-electron chi connectivity index (χ0n) is 12.6. The number of benzene rings is 1. The smallest absolute Gasteiger partial charge is 0.191 e. The Labute approximate surface area is 139 Å². The van der Waals surface area contributed by atoms with Gasteiger partial charge in [-0.15, -0.1) is 10.2 Å². The van der Waals surface area contributed by atoms with Crippen LogP contribution < -0.4 is 0 Å². The Hall–Kier alpha value is -1.07. The third-order valence-electron chi connectivity index (χ3n) is 4.15. The first-order chi connectivity index (χ1) is 10.7. The summed E-state index contributed by atoms with van der Waals surface area (Å²) in [6, 6.07) is 4.53. The lowest BCUT2D eigenvalue weighted by Crippen LogP contribution is -2.06. The zero-order chi connectivity index (χ0) is 15.5. The van der Waals surface area contributed by atoms with Crippen LogP contribution >= 0.6 is 23.4 Å². The molecule has 0 radical (unpaired) electrons. The van der Waals surface area contributed by atoms with E-state index in [1.165, 1.54) is 37.8 Å². The summed E-state index contributed by atoms with van der Waals surface area (Å²) in [6.07, 6.45) is 5.00. The summed E-state index contributed by atoms with van der Waals surface area (Å²) in [5, 5.41) is 10.2. The molecule has 118 valence electrons. The Balaban J connectivity index is 1.74. The first-order valence-electron chi connectivity index (χ1n) is 7.69. The highest BCUT2D eigenvalue weighted by atomic mass is 35.5. The summed E-state index contributed by atoms with van der Waals surface area (Å²) in [7, 11) is 0. The minimum atomic E-state index is -0.306. The van der Waals surface area contributed by atoms with Crippen LogP contribution in [-0.2, 0) is 12.3 Å². The van der Waals surface area contributed by atoms with E-state index in [0.29, 0.717) is 16.7 Å². The highest BCUT2D eigenvalue weighted by Gasteiger charge is 2.24. The van der Waals surface area contributed by atoms with Crippen molar-refractivity contribution in [2.45, 2.75) is 56.0 Å². The Bertz CT molecular complexity index is 653. The van der Waals surface area contributed by atoms with Crippen molar-refractivity contribution in [3.05, 3.63) is 40.4 Å². The van der Waals surface area contributed by atoms with Gasteiger partial charge in [-0.2, -0.15) is 0 Å². The van der Waals surface area contributed by atoms with Gasteiger partial charge < -0.3 is 4.57 Å². The summed E-state index contributed by atoms with van der Waals surface area (Å²) >= 11 is 7.69. The van der Waals surface area contributed by atoms with Crippen LogP contribution in [0, 0.1) is 5.82 Å². The van der Waals surface area contributed by atoms with Crippen molar-refractivity contribution in [3.63, 3.8) is 0 Å². The van der Waals surface area contributed by atoms with Crippen molar-refractivity contribution >= 4 is 23.4 Å². The van der Waals surface area contributed by atoms with E-state index in [0.717, 1.165) is 23.1 Å². The molecule has 0 N–H and O–H groups in total. The van der Waals surface area contributed by atoms with E-state index < -0.39 is 0 Å². The second kappa shape index (κ2) is 7.01. The number of aromatic nitrogens is 3. The molecule has 1 heterocycles. The van der Waals surface area contributed by atoms with Crippen molar-refractivity contribution in [2.24, 2.45) is 0 Å². The molecule has 1 saturated carbocycles. The number of hydrogen-bond acceptors (Lipinski definition) is 3. The van der Waals surface area contributed by atoms with E-state index in [-0.39, 0.29) is 5.82 Å². The molecule has 1 fully saturated rings. The summed E-state index contributed by atoms with van der Waals surface area (Å²) < 4.78 is 15.3. The van der Waals surface area contributed by atoms with Gasteiger partial charge in [0.15, 0.2) is 5.16 Å². The van der Waals surface area contributed by atoms with Gasteiger partial charge in [-0.25, -0.2) is 4.39 Å². The summed E-state index contributed by atoms with van der Waals surface area (Å²) in [4.78, 5) is 0. The Morgan fingerprint density at radius 1 is 1.32 bits per heavy atom. The van der Waals surface area contributed by atoms with Gasteiger partial charge in [0, 0.05) is 23.2 Å². The van der Waals surface area contributed by atoms with E-state index in [1.807, 2.05) is 0 Å². The van der Waals surface area contributed by atoms with Crippen LogP contribution in [0.5, 0.6) is 0 Å². The molecule has 1 aromatic heterocycles. The molecule has 0 unspecified atom stereocenters. The normalized spacial score (nSPS) is 15.6. The van der Waals surface area contributed by atoms with Crippen molar-refractivity contribution in [2.75, 3.05) is 0 Å². The van der Waals surface area contributed by atoms with Gasteiger partial charge in [-0.3, -0.25) is 0 Å². The quantitative estimate of drug-likeness (QED) is 0.715. The molecule has 1 aliphatic rings. The van der Waals surface area contributed by atoms with Crippen LogP contribution in [-0.4, -0.2) is 14.8 Å². The van der Waals surface area contributed by atoms with Gasteiger partial charge in [0.05, 0.1) is 0 Å². The molecule has 0 bridgehead atoms. The van der Waals surface area contributed by atoms with Gasteiger partial charge in [0.2, 0.25) is 0 Å². The lowest BCUT2D eigenvalue weighted by molar-refractivity contribution is 0.576. The van der Waals surface area contributed by atoms with Crippen LogP contribution in [0.15, 0.2) is 23.4 Å². The largest absolute Gasteiger partial charge is 0.306 e. The number of hydrogen-bond donors (Lipinski definition) is 0. The maximum Gasteiger partial charge on any atom is 0.191 e. The number of nitrogens with zero attached hydrogens (tertiary/aromatic N) is 3.